The van der Waals surface area contributed by atoms with E-state index < -0.39 is 5.25 Å². The molecule has 0 spiro atoms. The first-order valence-electron chi connectivity index (χ1n) is 6.85. The van der Waals surface area contributed by atoms with Crippen LogP contribution in [0.5, 0.6) is 0 Å². The Kier molecular flexibility index (Phi) is 5.32. The highest BCUT2D eigenvalue weighted by molar-refractivity contribution is 8.00. The molecule has 0 bridgehead atoms. The van der Waals surface area contributed by atoms with Crippen molar-refractivity contribution in [3.05, 3.63) is 30.1 Å². The largest absolute Gasteiger partial charge is 0.368 e. The van der Waals surface area contributed by atoms with Gasteiger partial charge in [0.25, 0.3) is 0 Å². The molecular weight excluding hydrogens is 319 g/mol. The van der Waals surface area contributed by atoms with Crippen LogP contribution in [0.3, 0.4) is 0 Å². The molecule has 1 heterocycles. The Morgan fingerprint density at radius 1 is 1.13 bits per heavy atom. The second-order valence-corrected chi connectivity index (χ2v) is 6.22. The van der Waals surface area contributed by atoms with Gasteiger partial charge < -0.3 is 16.8 Å². The summed E-state index contributed by atoms with van der Waals surface area (Å²) in [5, 5.41) is 2.55. The molecule has 0 aliphatic carbocycles. The maximum absolute atomic E-state index is 12.9. The third-order valence-electron chi connectivity index (χ3n) is 2.86. The normalized spacial score (nSPS) is 12.2. The lowest BCUT2D eigenvalue weighted by Gasteiger charge is -2.19. The molecule has 9 heteroatoms. The van der Waals surface area contributed by atoms with Crippen LogP contribution in [-0.2, 0) is 4.79 Å². The summed E-state index contributed by atoms with van der Waals surface area (Å²) in [7, 11) is 0. The van der Waals surface area contributed by atoms with Crippen molar-refractivity contribution in [1.29, 1.82) is 0 Å². The molecular formula is C14H17FN6OS. The van der Waals surface area contributed by atoms with Crippen molar-refractivity contribution in [2.24, 2.45) is 5.92 Å². The minimum atomic E-state index is -0.471. The molecule has 5 N–H and O–H groups in total. The van der Waals surface area contributed by atoms with Gasteiger partial charge in [-0.25, -0.2) is 4.39 Å². The topological polar surface area (TPSA) is 120 Å². The molecule has 122 valence electrons. The zero-order chi connectivity index (χ0) is 17.0. The fourth-order valence-corrected chi connectivity index (χ4v) is 2.75. The van der Waals surface area contributed by atoms with Crippen LogP contribution in [0.1, 0.15) is 13.8 Å². The minimum Gasteiger partial charge on any atom is -0.368 e. The Labute approximate surface area is 137 Å². The van der Waals surface area contributed by atoms with Crippen LogP contribution in [0, 0.1) is 11.7 Å². The standard InChI is InChI=1S/C14H17FN6OS/c1-7(2)10(23-14-20-12(16)19-13(17)21-14)11(22)18-9-5-3-8(15)4-6-9/h3-7,10H,1-2H3,(H,18,22)(H4,16,17,19,20,21)/t10-/m1/s1. The molecule has 0 saturated heterocycles. The Hall–Kier alpha value is -2.42. The van der Waals surface area contributed by atoms with E-state index in [0.717, 1.165) is 11.8 Å². The van der Waals surface area contributed by atoms with Gasteiger partial charge in [-0.1, -0.05) is 25.6 Å². The van der Waals surface area contributed by atoms with Gasteiger partial charge in [0.05, 0.1) is 5.25 Å². The first kappa shape index (κ1) is 16.9. The number of aromatic nitrogens is 3. The molecule has 0 aliphatic rings. The number of amides is 1. The van der Waals surface area contributed by atoms with E-state index in [2.05, 4.69) is 20.3 Å². The quantitative estimate of drug-likeness (QED) is 0.713. The maximum atomic E-state index is 12.9. The van der Waals surface area contributed by atoms with Crippen molar-refractivity contribution in [2.45, 2.75) is 24.3 Å². The van der Waals surface area contributed by atoms with Crippen molar-refractivity contribution in [3.8, 4) is 0 Å². The van der Waals surface area contributed by atoms with E-state index >= 15 is 0 Å². The van der Waals surface area contributed by atoms with Gasteiger partial charge in [-0.15, -0.1) is 0 Å². The number of nitrogens with zero attached hydrogens (tertiary/aromatic N) is 3. The smallest absolute Gasteiger partial charge is 0.238 e. The number of anilines is 3. The van der Waals surface area contributed by atoms with E-state index in [1.165, 1.54) is 24.3 Å². The summed E-state index contributed by atoms with van der Waals surface area (Å²) in [5.74, 6) is -0.606. The van der Waals surface area contributed by atoms with E-state index in [1.807, 2.05) is 13.8 Å². The Balaban J connectivity index is 2.13. The predicted octanol–water partition coefficient (Wildman–Crippen LogP) is 1.93. The van der Waals surface area contributed by atoms with Gasteiger partial charge in [0.15, 0.2) is 5.16 Å². The Morgan fingerprint density at radius 3 is 2.22 bits per heavy atom. The highest BCUT2D eigenvalue weighted by Crippen LogP contribution is 2.27. The van der Waals surface area contributed by atoms with Crippen molar-refractivity contribution < 1.29 is 9.18 Å². The number of thioether (sulfide) groups is 1. The molecule has 23 heavy (non-hydrogen) atoms. The lowest BCUT2D eigenvalue weighted by Crippen LogP contribution is -2.30. The molecule has 2 rings (SSSR count). The number of carbonyl (C=O) groups excluding carboxylic acids is 1. The van der Waals surface area contributed by atoms with E-state index in [0.29, 0.717) is 5.69 Å². The monoisotopic (exact) mass is 336 g/mol. The third-order valence-corrected chi connectivity index (χ3v) is 4.26. The predicted molar refractivity (Wildman–Crippen MR) is 88.2 cm³/mol. The maximum Gasteiger partial charge on any atom is 0.238 e. The van der Waals surface area contributed by atoms with Gasteiger partial charge >= 0.3 is 0 Å². The lowest BCUT2D eigenvalue weighted by molar-refractivity contribution is -0.116. The number of halogens is 1. The lowest BCUT2D eigenvalue weighted by atomic mass is 10.1. The van der Waals surface area contributed by atoms with Crippen molar-refractivity contribution in [1.82, 2.24) is 15.0 Å². The summed E-state index contributed by atoms with van der Waals surface area (Å²) < 4.78 is 12.9. The number of hydrogen-bond acceptors (Lipinski definition) is 7. The van der Waals surface area contributed by atoms with Gasteiger partial charge in [0.2, 0.25) is 17.8 Å². The zero-order valence-electron chi connectivity index (χ0n) is 12.7. The number of nitrogens with two attached hydrogens (primary N) is 2. The molecule has 2 aromatic rings. The van der Waals surface area contributed by atoms with E-state index in [-0.39, 0.29) is 34.7 Å². The SMILES string of the molecule is CC(C)[C@@H](Sc1nc(N)nc(N)n1)C(=O)Nc1ccc(F)cc1. The van der Waals surface area contributed by atoms with Crippen molar-refractivity contribution in [3.63, 3.8) is 0 Å². The Morgan fingerprint density at radius 2 is 1.70 bits per heavy atom. The van der Waals surface area contributed by atoms with Gasteiger partial charge in [-0.05, 0) is 30.2 Å². The van der Waals surface area contributed by atoms with E-state index in [9.17, 15) is 9.18 Å². The summed E-state index contributed by atoms with van der Waals surface area (Å²) >= 11 is 1.15. The summed E-state index contributed by atoms with van der Waals surface area (Å²) in [5.41, 5.74) is 11.6. The number of nitrogens with one attached hydrogen (secondary N) is 1. The molecule has 7 nitrogen and oxygen atoms in total. The summed E-state index contributed by atoms with van der Waals surface area (Å²) in [6.45, 7) is 3.80. The zero-order valence-corrected chi connectivity index (χ0v) is 13.5. The number of hydrogen-bond donors (Lipinski definition) is 3. The molecule has 0 unspecified atom stereocenters. The summed E-state index contributed by atoms with van der Waals surface area (Å²) in [4.78, 5) is 24.1. The second-order valence-electron chi connectivity index (χ2n) is 5.11. The second kappa shape index (κ2) is 7.23. The van der Waals surface area contributed by atoms with Crippen LogP contribution in [0.4, 0.5) is 22.0 Å². The molecule has 0 radical (unpaired) electrons. The average Bonchev–Trinajstić information content (AvgIpc) is 2.45. The van der Waals surface area contributed by atoms with Gasteiger partial charge in [0.1, 0.15) is 5.82 Å². The van der Waals surface area contributed by atoms with Crippen LogP contribution in [-0.4, -0.2) is 26.1 Å². The number of benzene rings is 1. The highest BCUT2D eigenvalue weighted by Gasteiger charge is 2.25. The fraction of sp³-hybridized carbons (Fsp3) is 0.286. The third kappa shape index (κ3) is 4.78. The molecule has 1 atom stereocenters. The Bertz CT molecular complexity index is 674. The summed E-state index contributed by atoms with van der Waals surface area (Å²) in [6, 6.07) is 5.55. The number of nitrogen functional groups attached to an aromatic ring is 2. The van der Waals surface area contributed by atoms with Crippen LogP contribution >= 0.6 is 11.8 Å². The van der Waals surface area contributed by atoms with Gasteiger partial charge in [-0.3, -0.25) is 4.79 Å². The number of rotatable bonds is 5. The molecule has 1 amide bonds. The first-order chi connectivity index (χ1) is 10.8. The minimum absolute atomic E-state index is 0.000312. The van der Waals surface area contributed by atoms with E-state index in [1.54, 1.807) is 0 Å². The van der Waals surface area contributed by atoms with Crippen molar-refractivity contribution in [2.75, 3.05) is 16.8 Å². The molecule has 1 aromatic heterocycles. The molecule has 0 fully saturated rings. The fourth-order valence-electron chi connectivity index (χ4n) is 1.79. The average molecular weight is 336 g/mol. The van der Waals surface area contributed by atoms with Gasteiger partial charge in [-0.2, -0.15) is 15.0 Å². The number of carbonyl (C=O) groups is 1. The highest BCUT2D eigenvalue weighted by atomic mass is 32.2. The molecule has 0 aliphatic heterocycles. The van der Waals surface area contributed by atoms with E-state index in [4.69, 9.17) is 11.5 Å². The first-order valence-corrected chi connectivity index (χ1v) is 7.73. The van der Waals surface area contributed by atoms with Gasteiger partial charge in [0, 0.05) is 5.69 Å². The van der Waals surface area contributed by atoms with Crippen molar-refractivity contribution >= 4 is 35.3 Å². The van der Waals surface area contributed by atoms with Crippen LogP contribution in [0.15, 0.2) is 29.4 Å². The van der Waals surface area contributed by atoms with Crippen LogP contribution < -0.4 is 16.8 Å². The molecule has 0 saturated carbocycles. The van der Waals surface area contributed by atoms with Crippen LogP contribution in [0.25, 0.3) is 0 Å². The molecule has 1 aromatic carbocycles. The summed E-state index contributed by atoms with van der Waals surface area (Å²) in [6.07, 6.45) is 0. The van der Waals surface area contributed by atoms with Crippen LogP contribution in [0.2, 0.25) is 0 Å².